The van der Waals surface area contributed by atoms with E-state index in [1.807, 2.05) is 0 Å². The Balaban J connectivity index is 1.51. The van der Waals surface area contributed by atoms with Crippen LogP contribution in [0.5, 0.6) is 5.75 Å². The molecule has 8 nitrogen and oxygen atoms in total. The van der Waals surface area contributed by atoms with Crippen LogP contribution in [0.15, 0.2) is 48.5 Å². The van der Waals surface area contributed by atoms with Crippen molar-refractivity contribution in [1.82, 2.24) is 0 Å². The Labute approximate surface area is 160 Å². The molecule has 8 heteroatoms. The Bertz CT molecular complexity index is 940. The molecule has 1 atom stereocenters. The van der Waals surface area contributed by atoms with Gasteiger partial charge in [0.25, 0.3) is 11.8 Å². The number of amides is 2. The van der Waals surface area contributed by atoms with Crippen LogP contribution in [-0.2, 0) is 19.1 Å². The van der Waals surface area contributed by atoms with Gasteiger partial charge >= 0.3 is 5.97 Å². The highest BCUT2D eigenvalue weighted by Gasteiger charge is 2.30. The zero-order valence-electron chi connectivity index (χ0n) is 15.1. The molecule has 1 aliphatic heterocycles. The molecule has 28 heavy (non-hydrogen) atoms. The molecule has 0 bridgehead atoms. The highest BCUT2D eigenvalue weighted by atomic mass is 16.5. The minimum atomic E-state index is -1.04. The summed E-state index contributed by atoms with van der Waals surface area (Å²) in [5.74, 6) is -1.56. The van der Waals surface area contributed by atoms with Gasteiger partial charge in [0, 0.05) is 5.56 Å². The van der Waals surface area contributed by atoms with E-state index in [1.54, 1.807) is 48.5 Å². The maximum absolute atomic E-state index is 12.0. The van der Waals surface area contributed by atoms with Crippen molar-refractivity contribution >= 4 is 34.9 Å². The quantitative estimate of drug-likeness (QED) is 0.585. The number of nitrogens with one attached hydrogen (secondary N) is 2. The van der Waals surface area contributed by atoms with Gasteiger partial charge in [-0.1, -0.05) is 24.3 Å². The summed E-state index contributed by atoms with van der Waals surface area (Å²) in [4.78, 5) is 47.6. The number of carbonyl (C=O) groups is 4. The number of rotatable bonds is 6. The zero-order chi connectivity index (χ0) is 20.1. The van der Waals surface area contributed by atoms with Crippen LogP contribution in [0, 0.1) is 0 Å². The van der Waals surface area contributed by atoms with Crippen molar-refractivity contribution in [3.05, 3.63) is 54.1 Å². The molecule has 0 saturated heterocycles. The van der Waals surface area contributed by atoms with Crippen LogP contribution in [0.2, 0.25) is 0 Å². The summed E-state index contributed by atoms with van der Waals surface area (Å²) in [6, 6.07) is 13.4. The van der Waals surface area contributed by atoms with Gasteiger partial charge in [-0.3, -0.25) is 19.2 Å². The van der Waals surface area contributed by atoms with Gasteiger partial charge in [-0.2, -0.15) is 0 Å². The number of fused-ring (bicyclic) bond motifs is 1. The maximum Gasteiger partial charge on any atom is 0.310 e. The third kappa shape index (κ3) is 4.53. The lowest BCUT2D eigenvalue weighted by atomic mass is 10.1. The van der Waals surface area contributed by atoms with Crippen LogP contribution in [0.25, 0.3) is 0 Å². The van der Waals surface area contributed by atoms with Gasteiger partial charge in [-0.25, -0.2) is 0 Å². The van der Waals surface area contributed by atoms with E-state index in [2.05, 4.69) is 10.6 Å². The highest BCUT2D eigenvalue weighted by Crippen LogP contribution is 2.29. The first-order valence-electron chi connectivity index (χ1n) is 8.56. The second-order valence-electron chi connectivity index (χ2n) is 6.11. The predicted molar refractivity (Wildman–Crippen MR) is 100 cm³/mol. The third-order valence-electron chi connectivity index (χ3n) is 4.00. The third-order valence-corrected chi connectivity index (χ3v) is 4.00. The Hall–Kier alpha value is -3.68. The molecule has 0 radical (unpaired) electrons. The molecule has 3 rings (SSSR count). The largest absolute Gasteiger partial charge is 0.478 e. The van der Waals surface area contributed by atoms with Crippen molar-refractivity contribution in [1.29, 1.82) is 0 Å². The average molecular weight is 382 g/mol. The summed E-state index contributed by atoms with van der Waals surface area (Å²) in [5, 5.41) is 5.17. The monoisotopic (exact) mass is 382 g/mol. The fourth-order valence-corrected chi connectivity index (χ4v) is 2.67. The molecule has 2 N–H and O–H groups in total. The van der Waals surface area contributed by atoms with Crippen molar-refractivity contribution in [2.75, 3.05) is 17.2 Å². The molecule has 1 heterocycles. The van der Waals surface area contributed by atoms with Crippen molar-refractivity contribution in [2.45, 2.75) is 19.4 Å². The number of ether oxygens (including phenoxy) is 2. The topological polar surface area (TPSA) is 111 Å². The zero-order valence-corrected chi connectivity index (χ0v) is 15.1. The van der Waals surface area contributed by atoms with Gasteiger partial charge in [0.05, 0.1) is 17.8 Å². The summed E-state index contributed by atoms with van der Waals surface area (Å²) < 4.78 is 10.4. The van der Waals surface area contributed by atoms with Crippen LogP contribution in [0.1, 0.15) is 23.7 Å². The first-order chi connectivity index (χ1) is 13.4. The number of ketones is 1. The number of para-hydroxylation sites is 3. The number of benzene rings is 2. The number of esters is 1. The standard InChI is InChI=1S/C20H18N2O6/c1-12(23)13-6-2-3-7-14(13)21-18(24)11-27-19(25)10-17-20(26)22-15-8-4-5-9-16(15)28-17/h2-9,17H,10-11H2,1H3,(H,21,24)(H,22,26)/t17-/m1/s1. The van der Waals surface area contributed by atoms with Crippen LogP contribution >= 0.6 is 0 Å². The smallest absolute Gasteiger partial charge is 0.310 e. The molecule has 0 aliphatic carbocycles. The summed E-state index contributed by atoms with van der Waals surface area (Å²) in [5.41, 5.74) is 1.22. The minimum Gasteiger partial charge on any atom is -0.478 e. The Morgan fingerprint density at radius 1 is 1.11 bits per heavy atom. The first-order valence-corrected chi connectivity index (χ1v) is 8.56. The molecule has 2 amide bonds. The van der Waals surface area contributed by atoms with Crippen molar-refractivity contribution in [3.63, 3.8) is 0 Å². The fourth-order valence-electron chi connectivity index (χ4n) is 2.67. The maximum atomic E-state index is 12.0. The molecule has 0 unspecified atom stereocenters. The van der Waals surface area contributed by atoms with E-state index in [9.17, 15) is 19.2 Å². The lowest BCUT2D eigenvalue weighted by Gasteiger charge is -2.25. The van der Waals surface area contributed by atoms with Crippen LogP contribution < -0.4 is 15.4 Å². The van der Waals surface area contributed by atoms with Gasteiger partial charge in [-0.15, -0.1) is 0 Å². The van der Waals surface area contributed by atoms with Crippen molar-refractivity contribution in [2.24, 2.45) is 0 Å². The number of anilines is 2. The second-order valence-corrected chi connectivity index (χ2v) is 6.11. The predicted octanol–water partition coefficient (Wildman–Crippen LogP) is 2.16. The normalized spacial score (nSPS) is 14.9. The van der Waals surface area contributed by atoms with Crippen LogP contribution in [0.3, 0.4) is 0 Å². The Morgan fingerprint density at radius 3 is 2.61 bits per heavy atom. The summed E-state index contributed by atoms with van der Waals surface area (Å²) in [7, 11) is 0. The van der Waals surface area contributed by atoms with Gasteiger partial charge < -0.3 is 20.1 Å². The van der Waals surface area contributed by atoms with Crippen molar-refractivity contribution in [3.8, 4) is 5.75 Å². The van der Waals surface area contributed by atoms with E-state index in [-0.39, 0.29) is 12.2 Å². The van der Waals surface area contributed by atoms with Gasteiger partial charge in [0.15, 0.2) is 18.5 Å². The average Bonchev–Trinajstić information content (AvgIpc) is 2.67. The van der Waals surface area contributed by atoms with E-state index < -0.39 is 30.5 Å². The molecule has 0 saturated carbocycles. The summed E-state index contributed by atoms with van der Waals surface area (Å²) >= 11 is 0. The minimum absolute atomic E-state index is 0.200. The van der Waals surface area contributed by atoms with E-state index in [1.165, 1.54) is 6.92 Å². The SMILES string of the molecule is CC(=O)c1ccccc1NC(=O)COC(=O)C[C@H]1Oc2ccccc2NC1=O. The molecule has 1 aliphatic rings. The summed E-state index contributed by atoms with van der Waals surface area (Å²) in [6.07, 6.45) is -1.37. The molecule has 0 fully saturated rings. The van der Waals surface area contributed by atoms with Gasteiger partial charge in [0.2, 0.25) is 0 Å². The molecular weight excluding hydrogens is 364 g/mol. The lowest BCUT2D eigenvalue weighted by Crippen LogP contribution is -2.39. The van der Waals surface area contributed by atoms with Crippen LogP contribution in [0.4, 0.5) is 11.4 Å². The molecule has 144 valence electrons. The second kappa shape index (κ2) is 8.34. The highest BCUT2D eigenvalue weighted by molar-refractivity contribution is 6.04. The van der Waals surface area contributed by atoms with E-state index in [0.29, 0.717) is 22.7 Å². The molecule has 0 spiro atoms. The van der Waals surface area contributed by atoms with Gasteiger partial charge in [-0.05, 0) is 31.2 Å². The van der Waals surface area contributed by atoms with Crippen molar-refractivity contribution < 1.29 is 28.7 Å². The van der Waals surface area contributed by atoms with E-state index >= 15 is 0 Å². The van der Waals surface area contributed by atoms with E-state index in [0.717, 1.165) is 0 Å². The number of Topliss-reactive ketones (excluding diaryl/α,β-unsaturated/α-hetero) is 1. The molecule has 2 aromatic rings. The fraction of sp³-hybridized carbons (Fsp3) is 0.200. The van der Waals surface area contributed by atoms with Crippen LogP contribution in [-0.4, -0.2) is 36.3 Å². The van der Waals surface area contributed by atoms with E-state index in [4.69, 9.17) is 9.47 Å². The molecule has 0 aromatic heterocycles. The number of hydrogen-bond donors (Lipinski definition) is 2. The first kappa shape index (κ1) is 19.1. The Kier molecular flexibility index (Phi) is 5.69. The Morgan fingerprint density at radius 2 is 1.82 bits per heavy atom. The molecule has 2 aromatic carbocycles. The lowest BCUT2D eigenvalue weighted by molar-refractivity contribution is -0.150. The number of hydrogen-bond acceptors (Lipinski definition) is 6. The summed E-state index contributed by atoms with van der Waals surface area (Å²) in [6.45, 7) is 0.842. The van der Waals surface area contributed by atoms with Gasteiger partial charge in [0.1, 0.15) is 5.75 Å². The number of carbonyl (C=O) groups excluding carboxylic acids is 4. The molecular formula is C20H18N2O6.